The second-order valence-electron chi connectivity index (χ2n) is 6.09. The van der Waals surface area contributed by atoms with Gasteiger partial charge in [0.2, 0.25) is 0 Å². The van der Waals surface area contributed by atoms with E-state index in [0.717, 1.165) is 24.2 Å². The molecule has 5 nitrogen and oxygen atoms in total. The van der Waals surface area contributed by atoms with E-state index in [1.165, 1.54) is 6.42 Å². The molecule has 1 aromatic heterocycles. The van der Waals surface area contributed by atoms with Crippen LogP contribution in [-0.4, -0.2) is 34.5 Å². The quantitative estimate of drug-likeness (QED) is 0.660. The van der Waals surface area contributed by atoms with E-state index in [9.17, 15) is 4.79 Å². The molecule has 26 heavy (non-hydrogen) atoms. The third-order valence-electron chi connectivity index (χ3n) is 4.11. The summed E-state index contributed by atoms with van der Waals surface area (Å²) in [4.78, 5) is 16.7. The molecule has 0 atom stereocenters. The van der Waals surface area contributed by atoms with Crippen molar-refractivity contribution >= 4 is 35.1 Å². The van der Waals surface area contributed by atoms with Crippen LogP contribution in [0.15, 0.2) is 36.5 Å². The van der Waals surface area contributed by atoms with Crippen LogP contribution in [0.2, 0.25) is 5.02 Å². The molecule has 1 saturated carbocycles. The molecule has 0 unspecified atom stereocenters. The Balaban J connectivity index is 1.63. The van der Waals surface area contributed by atoms with Crippen molar-refractivity contribution in [3.8, 4) is 5.75 Å². The Morgan fingerprint density at radius 2 is 2.19 bits per heavy atom. The number of aromatic nitrogens is 1. The first-order valence-corrected chi connectivity index (χ1v) is 10.1. The molecule has 0 saturated heterocycles. The summed E-state index contributed by atoms with van der Waals surface area (Å²) in [7, 11) is 0. The van der Waals surface area contributed by atoms with E-state index in [4.69, 9.17) is 21.4 Å². The van der Waals surface area contributed by atoms with E-state index in [2.05, 4.69) is 10.3 Å². The van der Waals surface area contributed by atoms with Gasteiger partial charge in [0.25, 0.3) is 5.91 Å². The van der Waals surface area contributed by atoms with Crippen LogP contribution in [0.1, 0.15) is 35.2 Å². The van der Waals surface area contributed by atoms with Crippen LogP contribution in [0.5, 0.6) is 5.75 Å². The maximum absolute atomic E-state index is 12.5. The average molecular weight is 393 g/mol. The largest absolute Gasteiger partial charge is 0.490 e. The van der Waals surface area contributed by atoms with Gasteiger partial charge in [0, 0.05) is 17.7 Å². The van der Waals surface area contributed by atoms with Crippen LogP contribution in [-0.2, 0) is 5.75 Å². The third kappa shape index (κ3) is 5.13. The number of hydrogen-bond donors (Lipinski definition) is 2. The van der Waals surface area contributed by atoms with E-state index in [1.807, 2.05) is 12.1 Å². The van der Waals surface area contributed by atoms with Crippen molar-refractivity contribution in [3.05, 3.63) is 52.7 Å². The SMILES string of the molecule is O=C(Nc1cc(CSCCO)ccn1)c1ccc(OC2CCC2)cc1Cl. The molecular weight excluding hydrogens is 372 g/mol. The van der Waals surface area contributed by atoms with Crippen molar-refractivity contribution in [2.24, 2.45) is 0 Å². The van der Waals surface area contributed by atoms with E-state index in [-0.39, 0.29) is 18.6 Å². The predicted molar refractivity (Wildman–Crippen MR) is 105 cm³/mol. The van der Waals surface area contributed by atoms with Gasteiger partial charge in [0.15, 0.2) is 0 Å². The number of aliphatic hydroxyl groups excluding tert-OH is 1. The molecular formula is C19H21ClN2O3S. The van der Waals surface area contributed by atoms with Crippen molar-refractivity contribution < 1.29 is 14.6 Å². The molecule has 138 valence electrons. The van der Waals surface area contributed by atoms with Crippen molar-refractivity contribution in [3.63, 3.8) is 0 Å². The molecule has 0 radical (unpaired) electrons. The molecule has 1 aliphatic carbocycles. The summed E-state index contributed by atoms with van der Waals surface area (Å²) >= 11 is 7.88. The number of thioether (sulfide) groups is 1. The van der Waals surface area contributed by atoms with Crippen LogP contribution in [0.25, 0.3) is 0 Å². The summed E-state index contributed by atoms with van der Waals surface area (Å²) in [5.74, 6) is 2.28. The molecule has 1 fully saturated rings. The standard InChI is InChI=1S/C19H21ClN2O3S/c20-17-11-15(25-14-2-1-3-14)4-5-16(17)19(24)22-18-10-13(6-7-21-18)12-26-9-8-23/h4-7,10-11,14,23H,1-3,8-9,12H2,(H,21,22,24). The fourth-order valence-corrected chi connectivity index (χ4v) is 3.45. The zero-order valence-corrected chi connectivity index (χ0v) is 15.9. The van der Waals surface area contributed by atoms with Crippen molar-refractivity contribution in [1.82, 2.24) is 4.98 Å². The maximum atomic E-state index is 12.5. The minimum atomic E-state index is -0.308. The number of halogens is 1. The van der Waals surface area contributed by atoms with Gasteiger partial charge < -0.3 is 15.2 Å². The van der Waals surface area contributed by atoms with Crippen molar-refractivity contribution in [1.29, 1.82) is 0 Å². The number of pyridine rings is 1. The summed E-state index contributed by atoms with van der Waals surface area (Å²) in [6, 6.07) is 8.84. The number of nitrogens with zero attached hydrogens (tertiary/aromatic N) is 1. The van der Waals surface area contributed by atoms with Gasteiger partial charge in [-0.2, -0.15) is 11.8 Å². The molecule has 1 aliphatic rings. The molecule has 1 heterocycles. The summed E-state index contributed by atoms with van der Waals surface area (Å²) < 4.78 is 5.80. The highest BCUT2D eigenvalue weighted by molar-refractivity contribution is 7.98. The Labute approximate surface area is 162 Å². The average Bonchev–Trinajstić information content (AvgIpc) is 2.59. The van der Waals surface area contributed by atoms with Crippen molar-refractivity contribution in [2.45, 2.75) is 31.1 Å². The molecule has 0 spiro atoms. The monoisotopic (exact) mass is 392 g/mol. The second kappa shape index (κ2) is 9.26. The number of benzene rings is 1. The van der Waals surface area contributed by atoms with Gasteiger partial charge in [-0.1, -0.05) is 11.6 Å². The Morgan fingerprint density at radius 1 is 1.35 bits per heavy atom. The molecule has 1 aromatic carbocycles. The summed E-state index contributed by atoms with van der Waals surface area (Å²) in [5, 5.41) is 12.0. The Kier molecular flexibility index (Phi) is 6.77. The lowest BCUT2D eigenvalue weighted by molar-refractivity contribution is 0.102. The summed E-state index contributed by atoms with van der Waals surface area (Å²) in [5.41, 5.74) is 1.42. The van der Waals surface area contributed by atoms with Crippen LogP contribution in [0, 0.1) is 0 Å². The highest BCUT2D eigenvalue weighted by Gasteiger charge is 2.20. The van der Waals surface area contributed by atoms with Gasteiger partial charge in [-0.05, 0) is 55.2 Å². The zero-order chi connectivity index (χ0) is 18.4. The Morgan fingerprint density at radius 3 is 2.88 bits per heavy atom. The normalized spacial score (nSPS) is 13.9. The minimum Gasteiger partial charge on any atom is -0.490 e. The number of carbonyl (C=O) groups is 1. The molecule has 2 N–H and O–H groups in total. The fraction of sp³-hybridized carbons (Fsp3) is 0.368. The number of rotatable bonds is 8. The third-order valence-corrected chi connectivity index (χ3v) is 5.43. The van der Waals surface area contributed by atoms with Gasteiger partial charge in [-0.15, -0.1) is 0 Å². The molecule has 1 amide bonds. The highest BCUT2D eigenvalue weighted by atomic mass is 35.5. The maximum Gasteiger partial charge on any atom is 0.258 e. The number of anilines is 1. The molecule has 2 aromatic rings. The number of hydrogen-bond acceptors (Lipinski definition) is 5. The molecule has 3 rings (SSSR count). The Bertz CT molecular complexity index is 768. The molecule has 0 bridgehead atoms. The van der Waals surface area contributed by atoms with Crippen LogP contribution < -0.4 is 10.1 Å². The number of ether oxygens (including phenoxy) is 1. The number of carbonyl (C=O) groups excluding carboxylic acids is 1. The lowest BCUT2D eigenvalue weighted by Gasteiger charge is -2.26. The van der Waals surface area contributed by atoms with Crippen LogP contribution in [0.3, 0.4) is 0 Å². The topological polar surface area (TPSA) is 71.5 Å². The first-order valence-electron chi connectivity index (χ1n) is 8.57. The zero-order valence-electron chi connectivity index (χ0n) is 14.3. The summed E-state index contributed by atoms with van der Waals surface area (Å²) in [6.45, 7) is 0.151. The van der Waals surface area contributed by atoms with E-state index in [0.29, 0.717) is 27.9 Å². The molecule has 7 heteroatoms. The molecule has 0 aliphatic heterocycles. The number of amides is 1. The van der Waals surface area contributed by atoms with Crippen LogP contribution >= 0.6 is 23.4 Å². The van der Waals surface area contributed by atoms with E-state index in [1.54, 1.807) is 36.2 Å². The lowest BCUT2D eigenvalue weighted by Crippen LogP contribution is -2.24. The van der Waals surface area contributed by atoms with Gasteiger partial charge in [-0.3, -0.25) is 4.79 Å². The summed E-state index contributed by atoms with van der Waals surface area (Å²) in [6.07, 6.45) is 5.25. The number of aliphatic hydroxyl groups is 1. The lowest BCUT2D eigenvalue weighted by atomic mass is 9.96. The van der Waals surface area contributed by atoms with Gasteiger partial charge in [0.1, 0.15) is 11.6 Å². The van der Waals surface area contributed by atoms with Gasteiger partial charge in [-0.25, -0.2) is 4.98 Å². The minimum absolute atomic E-state index is 0.151. The number of nitrogens with one attached hydrogen (secondary N) is 1. The van der Waals surface area contributed by atoms with Crippen LogP contribution in [0.4, 0.5) is 5.82 Å². The first-order chi connectivity index (χ1) is 12.7. The van der Waals surface area contributed by atoms with Gasteiger partial charge >= 0.3 is 0 Å². The highest BCUT2D eigenvalue weighted by Crippen LogP contribution is 2.28. The van der Waals surface area contributed by atoms with Crippen molar-refractivity contribution in [2.75, 3.05) is 17.7 Å². The first kappa shape index (κ1) is 19.0. The Hall–Kier alpha value is -1.76. The van der Waals surface area contributed by atoms with Gasteiger partial charge in [0.05, 0.1) is 23.3 Å². The second-order valence-corrected chi connectivity index (χ2v) is 7.60. The van der Waals surface area contributed by atoms with E-state index >= 15 is 0 Å². The smallest absolute Gasteiger partial charge is 0.258 e. The fourth-order valence-electron chi connectivity index (χ4n) is 2.51. The predicted octanol–water partition coefficient (Wildman–Crippen LogP) is 4.14. The van der Waals surface area contributed by atoms with E-state index < -0.39 is 0 Å².